The predicted octanol–water partition coefficient (Wildman–Crippen LogP) is 0.949. The fourth-order valence-corrected chi connectivity index (χ4v) is 3.21. The van der Waals surface area contributed by atoms with E-state index in [1.54, 1.807) is 22.8 Å². The summed E-state index contributed by atoms with van der Waals surface area (Å²) in [7, 11) is 0. The molecule has 24 heavy (non-hydrogen) atoms. The van der Waals surface area contributed by atoms with E-state index in [1.807, 2.05) is 0 Å². The van der Waals surface area contributed by atoms with E-state index in [1.165, 1.54) is 6.20 Å². The van der Waals surface area contributed by atoms with Gasteiger partial charge in [-0.3, -0.25) is 14.6 Å². The topological polar surface area (TPSA) is 83.0 Å². The van der Waals surface area contributed by atoms with E-state index >= 15 is 0 Å². The Hall–Kier alpha value is -2.15. The van der Waals surface area contributed by atoms with Gasteiger partial charge in [0.1, 0.15) is 11.9 Å². The van der Waals surface area contributed by atoms with E-state index in [4.69, 9.17) is 4.74 Å². The Morgan fingerprint density at radius 3 is 2.71 bits per heavy atom. The van der Waals surface area contributed by atoms with Crippen LogP contribution in [0.15, 0.2) is 12.3 Å². The highest BCUT2D eigenvalue weighted by atomic mass is 16.5. The van der Waals surface area contributed by atoms with Crippen molar-refractivity contribution in [3.63, 3.8) is 0 Å². The summed E-state index contributed by atoms with van der Waals surface area (Å²) in [5.41, 5.74) is 0.947. The van der Waals surface area contributed by atoms with Crippen LogP contribution >= 0.6 is 0 Å². The normalized spacial score (nSPS) is 21.6. The summed E-state index contributed by atoms with van der Waals surface area (Å²) in [6.07, 6.45) is 3.40. The highest BCUT2D eigenvalue weighted by Crippen LogP contribution is 2.20. The minimum atomic E-state index is -0.320. The molecule has 130 valence electrons. The Morgan fingerprint density at radius 2 is 1.96 bits per heavy atom. The third kappa shape index (κ3) is 3.51. The Kier molecular flexibility index (Phi) is 4.99. The highest BCUT2D eigenvalue weighted by Gasteiger charge is 2.30. The lowest BCUT2D eigenvalue weighted by molar-refractivity contribution is -0.140. The molecule has 2 aliphatic rings. The van der Waals surface area contributed by atoms with E-state index in [2.05, 4.69) is 4.98 Å². The molecule has 0 saturated carbocycles. The Bertz CT molecular complexity index is 628. The maximum atomic E-state index is 12.7. The molecule has 0 spiro atoms. The number of nitrogens with zero attached hydrogens (tertiary/aromatic N) is 3. The van der Waals surface area contributed by atoms with Gasteiger partial charge in [-0.1, -0.05) is 0 Å². The van der Waals surface area contributed by atoms with Crippen LogP contribution in [0.1, 0.15) is 35.3 Å². The van der Waals surface area contributed by atoms with Crippen molar-refractivity contribution in [1.82, 2.24) is 14.8 Å². The van der Waals surface area contributed by atoms with E-state index in [0.717, 1.165) is 19.3 Å². The molecule has 1 aromatic heterocycles. The molecule has 0 bridgehead atoms. The van der Waals surface area contributed by atoms with Crippen molar-refractivity contribution in [2.75, 3.05) is 32.8 Å². The lowest BCUT2D eigenvalue weighted by Gasteiger charge is -2.24. The summed E-state index contributed by atoms with van der Waals surface area (Å²) in [5, 5.41) is 9.90. The maximum Gasteiger partial charge on any atom is 0.257 e. The van der Waals surface area contributed by atoms with Crippen LogP contribution in [0.3, 0.4) is 0 Å². The van der Waals surface area contributed by atoms with Gasteiger partial charge in [-0.25, -0.2) is 0 Å². The summed E-state index contributed by atoms with van der Waals surface area (Å²) < 4.78 is 5.47. The molecular formula is C17H23N3O4. The van der Waals surface area contributed by atoms with Gasteiger partial charge in [0, 0.05) is 38.5 Å². The Morgan fingerprint density at radius 1 is 1.21 bits per heavy atom. The average molecular weight is 333 g/mol. The molecule has 0 radical (unpaired) electrons. The van der Waals surface area contributed by atoms with Crippen LogP contribution in [-0.4, -0.2) is 70.6 Å². The zero-order valence-electron chi connectivity index (χ0n) is 13.9. The fourth-order valence-electron chi connectivity index (χ4n) is 3.21. The molecule has 2 amide bonds. The number of aryl methyl sites for hydroxylation is 1. The van der Waals surface area contributed by atoms with E-state index in [0.29, 0.717) is 38.5 Å². The van der Waals surface area contributed by atoms with Crippen molar-refractivity contribution in [2.24, 2.45) is 0 Å². The van der Waals surface area contributed by atoms with Gasteiger partial charge in [-0.2, -0.15) is 0 Å². The molecule has 3 heterocycles. The predicted molar refractivity (Wildman–Crippen MR) is 86.7 cm³/mol. The number of pyridine rings is 1. The summed E-state index contributed by atoms with van der Waals surface area (Å²) in [5.74, 6) is -0.295. The summed E-state index contributed by atoms with van der Waals surface area (Å²) in [4.78, 5) is 32.6. The van der Waals surface area contributed by atoms with Crippen molar-refractivity contribution >= 4 is 11.8 Å². The van der Waals surface area contributed by atoms with Crippen LogP contribution in [0.2, 0.25) is 0 Å². The van der Waals surface area contributed by atoms with Gasteiger partial charge in [0.25, 0.3) is 11.8 Å². The summed E-state index contributed by atoms with van der Waals surface area (Å²) >= 11 is 0. The zero-order chi connectivity index (χ0) is 17.1. The molecule has 0 aromatic carbocycles. The second-order valence-corrected chi connectivity index (χ2v) is 6.32. The number of rotatable bonds is 2. The molecule has 1 N–H and O–H groups in total. The smallest absolute Gasteiger partial charge is 0.257 e. The molecule has 1 atom stereocenters. The molecule has 2 fully saturated rings. The first-order valence-corrected chi connectivity index (χ1v) is 8.41. The zero-order valence-corrected chi connectivity index (χ0v) is 13.9. The lowest BCUT2D eigenvalue weighted by Crippen LogP contribution is -2.41. The number of aromatic nitrogens is 1. The number of amides is 2. The quantitative estimate of drug-likeness (QED) is 0.871. The number of aromatic hydroxyl groups is 1. The second-order valence-electron chi connectivity index (χ2n) is 6.32. The largest absolute Gasteiger partial charge is 0.505 e. The first-order chi connectivity index (χ1) is 11.6. The SMILES string of the molecule is Cc1cc(C(=O)N2CCCN(C(=O)[C@H]3CCCO3)CC2)c(O)cn1. The molecular weight excluding hydrogens is 310 g/mol. The first kappa shape index (κ1) is 16.7. The van der Waals surface area contributed by atoms with Crippen molar-refractivity contribution in [2.45, 2.75) is 32.3 Å². The molecule has 0 unspecified atom stereocenters. The van der Waals surface area contributed by atoms with Crippen LogP contribution in [0.5, 0.6) is 5.75 Å². The van der Waals surface area contributed by atoms with Gasteiger partial charge in [-0.05, 0) is 32.3 Å². The van der Waals surface area contributed by atoms with Gasteiger partial charge < -0.3 is 19.6 Å². The monoisotopic (exact) mass is 333 g/mol. The summed E-state index contributed by atoms with van der Waals surface area (Å²) in [6, 6.07) is 1.60. The van der Waals surface area contributed by atoms with Gasteiger partial charge in [0.15, 0.2) is 0 Å². The fraction of sp³-hybridized carbons (Fsp3) is 0.588. The standard InChI is InChI=1S/C17H23N3O4/c1-12-10-13(14(21)11-18-12)16(22)19-5-3-6-20(8-7-19)17(23)15-4-2-9-24-15/h10-11,15,21H,2-9H2,1H3/t15-/m1/s1. The number of carbonyl (C=O) groups excluding carboxylic acids is 2. The number of hydrogen-bond acceptors (Lipinski definition) is 5. The minimum absolute atomic E-state index is 0.0319. The second kappa shape index (κ2) is 7.17. The molecule has 7 heteroatoms. The van der Waals surface area contributed by atoms with Crippen LogP contribution in [0.25, 0.3) is 0 Å². The van der Waals surface area contributed by atoms with Gasteiger partial charge >= 0.3 is 0 Å². The Labute approximate surface area is 141 Å². The minimum Gasteiger partial charge on any atom is -0.505 e. The van der Waals surface area contributed by atoms with E-state index in [9.17, 15) is 14.7 Å². The van der Waals surface area contributed by atoms with Crippen molar-refractivity contribution < 1.29 is 19.4 Å². The van der Waals surface area contributed by atoms with Crippen LogP contribution in [0.4, 0.5) is 0 Å². The molecule has 2 saturated heterocycles. The van der Waals surface area contributed by atoms with E-state index < -0.39 is 0 Å². The van der Waals surface area contributed by atoms with Crippen molar-refractivity contribution in [3.8, 4) is 5.75 Å². The average Bonchev–Trinajstić information content (AvgIpc) is 3.00. The third-order valence-electron chi connectivity index (χ3n) is 4.55. The highest BCUT2D eigenvalue weighted by molar-refractivity contribution is 5.96. The van der Waals surface area contributed by atoms with Gasteiger partial charge in [0.05, 0.1) is 11.8 Å². The van der Waals surface area contributed by atoms with Gasteiger partial charge in [0.2, 0.25) is 0 Å². The number of ether oxygens (including phenoxy) is 1. The van der Waals surface area contributed by atoms with Crippen LogP contribution < -0.4 is 0 Å². The molecule has 0 aliphatic carbocycles. The lowest BCUT2D eigenvalue weighted by atomic mass is 10.2. The number of carbonyl (C=O) groups is 2. The van der Waals surface area contributed by atoms with E-state index in [-0.39, 0.29) is 29.2 Å². The molecule has 7 nitrogen and oxygen atoms in total. The van der Waals surface area contributed by atoms with Crippen molar-refractivity contribution in [1.29, 1.82) is 0 Å². The molecule has 1 aromatic rings. The van der Waals surface area contributed by atoms with Crippen molar-refractivity contribution in [3.05, 3.63) is 23.5 Å². The first-order valence-electron chi connectivity index (χ1n) is 8.41. The van der Waals surface area contributed by atoms with Gasteiger partial charge in [-0.15, -0.1) is 0 Å². The number of hydrogen-bond donors (Lipinski definition) is 1. The maximum absolute atomic E-state index is 12.7. The van der Waals surface area contributed by atoms with Crippen LogP contribution in [0, 0.1) is 6.92 Å². The Balaban J connectivity index is 1.65. The van der Waals surface area contributed by atoms with Crippen LogP contribution in [-0.2, 0) is 9.53 Å². The molecule has 3 rings (SSSR count). The summed E-state index contributed by atoms with van der Waals surface area (Å²) in [6.45, 7) is 4.57. The molecule has 2 aliphatic heterocycles. The third-order valence-corrected chi connectivity index (χ3v) is 4.55.